The van der Waals surface area contributed by atoms with E-state index in [0.717, 1.165) is 12.1 Å². The number of aryl methyl sites for hydroxylation is 2. The van der Waals surface area contributed by atoms with Crippen molar-refractivity contribution in [1.82, 2.24) is 0 Å². The van der Waals surface area contributed by atoms with E-state index in [0.29, 0.717) is 11.1 Å². The summed E-state index contributed by atoms with van der Waals surface area (Å²) in [4.78, 5) is 10.9. The fourth-order valence-electron chi connectivity index (χ4n) is 1.87. The van der Waals surface area contributed by atoms with Gasteiger partial charge in [-0.3, -0.25) is 4.72 Å². The summed E-state index contributed by atoms with van der Waals surface area (Å²) in [6.07, 6.45) is 0. The molecule has 0 heterocycles. The monoisotopic (exact) mass is 323 g/mol. The maximum atomic E-state index is 13.5. The lowest BCUT2D eigenvalue weighted by Gasteiger charge is -2.10. The largest absolute Gasteiger partial charge is 0.478 e. The topological polar surface area (TPSA) is 83.5 Å². The fraction of sp³-hybridized carbons (Fsp3) is 0.133. The zero-order valence-corrected chi connectivity index (χ0v) is 12.7. The number of anilines is 1. The lowest BCUT2D eigenvalue weighted by molar-refractivity contribution is 0.0696. The van der Waals surface area contributed by atoms with Crippen molar-refractivity contribution in [2.45, 2.75) is 18.7 Å². The van der Waals surface area contributed by atoms with Crippen LogP contribution < -0.4 is 4.72 Å². The molecule has 2 rings (SSSR count). The molecule has 0 spiro atoms. The molecule has 22 heavy (non-hydrogen) atoms. The van der Waals surface area contributed by atoms with Gasteiger partial charge >= 0.3 is 5.97 Å². The highest BCUT2D eigenvalue weighted by atomic mass is 32.2. The van der Waals surface area contributed by atoms with Gasteiger partial charge in [0.1, 0.15) is 5.82 Å². The van der Waals surface area contributed by atoms with Crippen molar-refractivity contribution in [2.75, 3.05) is 4.72 Å². The Morgan fingerprint density at radius 3 is 2.32 bits per heavy atom. The molecule has 0 atom stereocenters. The SMILES string of the molecule is Cc1ccc(NS(=O)(=O)c2ccc(C)c(C(=O)O)c2)cc1F. The predicted molar refractivity (Wildman–Crippen MR) is 80.1 cm³/mol. The van der Waals surface area contributed by atoms with E-state index in [1.54, 1.807) is 13.8 Å². The van der Waals surface area contributed by atoms with Crippen molar-refractivity contribution < 1.29 is 22.7 Å². The lowest BCUT2D eigenvalue weighted by Crippen LogP contribution is -2.14. The molecule has 0 aromatic heterocycles. The first kappa shape index (κ1) is 16.0. The molecular formula is C15H14FNO4S. The second kappa shape index (κ2) is 5.76. The van der Waals surface area contributed by atoms with Crippen LogP contribution in [0.25, 0.3) is 0 Å². The molecule has 2 aromatic rings. The molecule has 0 saturated carbocycles. The number of hydrogen-bond acceptors (Lipinski definition) is 3. The molecule has 0 aliphatic rings. The van der Waals surface area contributed by atoms with Crippen LogP contribution in [-0.2, 0) is 10.0 Å². The Balaban J connectivity index is 2.40. The van der Waals surface area contributed by atoms with Gasteiger partial charge in [-0.2, -0.15) is 0 Å². The number of benzene rings is 2. The van der Waals surface area contributed by atoms with E-state index in [4.69, 9.17) is 5.11 Å². The van der Waals surface area contributed by atoms with Gasteiger partial charge < -0.3 is 5.11 Å². The molecule has 0 saturated heterocycles. The summed E-state index contributed by atoms with van der Waals surface area (Å²) in [6, 6.07) is 7.74. The Morgan fingerprint density at radius 2 is 1.73 bits per heavy atom. The number of halogens is 1. The van der Waals surface area contributed by atoms with E-state index in [1.807, 2.05) is 0 Å². The molecule has 0 aliphatic heterocycles. The number of carboxylic acid groups (broad SMARTS) is 1. The van der Waals surface area contributed by atoms with Crippen molar-refractivity contribution >= 4 is 21.7 Å². The molecule has 0 aliphatic carbocycles. The Bertz CT molecular complexity index is 847. The number of aromatic carboxylic acids is 1. The maximum absolute atomic E-state index is 13.5. The number of nitrogens with one attached hydrogen (secondary N) is 1. The normalized spacial score (nSPS) is 11.2. The maximum Gasteiger partial charge on any atom is 0.335 e. The lowest BCUT2D eigenvalue weighted by atomic mass is 10.1. The van der Waals surface area contributed by atoms with Crippen LogP contribution in [0.1, 0.15) is 21.5 Å². The van der Waals surface area contributed by atoms with Gasteiger partial charge in [-0.15, -0.1) is 0 Å². The number of sulfonamides is 1. The molecule has 0 unspecified atom stereocenters. The number of rotatable bonds is 4. The van der Waals surface area contributed by atoms with Crippen molar-refractivity contribution in [3.63, 3.8) is 0 Å². The van der Waals surface area contributed by atoms with Crippen molar-refractivity contribution in [3.8, 4) is 0 Å². The number of hydrogen-bond donors (Lipinski definition) is 2. The van der Waals surface area contributed by atoms with Gasteiger partial charge in [0.05, 0.1) is 16.1 Å². The molecule has 0 fully saturated rings. The number of carboxylic acids is 1. The third-order valence-electron chi connectivity index (χ3n) is 3.17. The highest BCUT2D eigenvalue weighted by Crippen LogP contribution is 2.20. The van der Waals surface area contributed by atoms with Gasteiger partial charge in [0.2, 0.25) is 0 Å². The second-order valence-electron chi connectivity index (χ2n) is 4.85. The summed E-state index contributed by atoms with van der Waals surface area (Å²) in [6.45, 7) is 3.13. The molecule has 0 amide bonds. The first-order valence-electron chi connectivity index (χ1n) is 6.33. The second-order valence-corrected chi connectivity index (χ2v) is 6.53. The van der Waals surface area contributed by atoms with Crippen LogP contribution in [0.5, 0.6) is 0 Å². The van der Waals surface area contributed by atoms with E-state index >= 15 is 0 Å². The summed E-state index contributed by atoms with van der Waals surface area (Å²) in [7, 11) is -4.00. The van der Waals surface area contributed by atoms with Crippen LogP contribution in [0, 0.1) is 19.7 Å². The first-order chi connectivity index (χ1) is 10.2. The van der Waals surface area contributed by atoms with E-state index < -0.39 is 21.8 Å². The average molecular weight is 323 g/mol. The molecular weight excluding hydrogens is 309 g/mol. The standard InChI is InChI=1S/C15H14FNO4S/c1-9-4-6-12(8-13(9)15(18)19)22(20,21)17-11-5-3-10(2)14(16)7-11/h3-8,17H,1-2H3,(H,18,19). The Kier molecular flexibility index (Phi) is 4.18. The van der Waals surface area contributed by atoms with Crippen LogP contribution in [0.4, 0.5) is 10.1 Å². The third kappa shape index (κ3) is 3.25. The summed E-state index contributed by atoms with van der Waals surface area (Å²) in [5, 5.41) is 9.05. The minimum Gasteiger partial charge on any atom is -0.478 e. The Labute approximate surface area is 127 Å². The van der Waals surface area contributed by atoms with E-state index in [2.05, 4.69) is 4.72 Å². The predicted octanol–water partition coefficient (Wildman–Crippen LogP) is 2.94. The van der Waals surface area contributed by atoms with Crippen LogP contribution in [0.15, 0.2) is 41.3 Å². The van der Waals surface area contributed by atoms with Crippen LogP contribution >= 0.6 is 0 Å². The van der Waals surface area contributed by atoms with Crippen LogP contribution in [0.3, 0.4) is 0 Å². The van der Waals surface area contributed by atoms with Crippen LogP contribution in [0.2, 0.25) is 0 Å². The Hall–Kier alpha value is -2.41. The summed E-state index contributed by atoms with van der Waals surface area (Å²) in [5.74, 6) is -1.74. The van der Waals surface area contributed by atoms with Gasteiger partial charge in [-0.05, 0) is 49.2 Å². The highest BCUT2D eigenvalue weighted by molar-refractivity contribution is 7.92. The third-order valence-corrected chi connectivity index (χ3v) is 4.55. The highest BCUT2D eigenvalue weighted by Gasteiger charge is 2.18. The van der Waals surface area contributed by atoms with Gasteiger partial charge in [-0.1, -0.05) is 12.1 Å². The molecule has 2 N–H and O–H groups in total. The zero-order valence-electron chi connectivity index (χ0n) is 11.9. The van der Waals surface area contributed by atoms with Crippen LogP contribution in [-0.4, -0.2) is 19.5 Å². The quantitative estimate of drug-likeness (QED) is 0.906. The smallest absolute Gasteiger partial charge is 0.335 e. The molecule has 0 bridgehead atoms. The van der Waals surface area contributed by atoms with Gasteiger partial charge in [0.25, 0.3) is 10.0 Å². The minimum atomic E-state index is -4.00. The van der Waals surface area contributed by atoms with Crippen molar-refractivity contribution in [3.05, 3.63) is 58.9 Å². The zero-order chi connectivity index (χ0) is 16.5. The molecule has 0 radical (unpaired) electrons. The van der Waals surface area contributed by atoms with Gasteiger partial charge in [-0.25, -0.2) is 17.6 Å². The van der Waals surface area contributed by atoms with Crippen molar-refractivity contribution in [2.24, 2.45) is 0 Å². The van der Waals surface area contributed by atoms with Crippen molar-refractivity contribution in [1.29, 1.82) is 0 Å². The van der Waals surface area contributed by atoms with E-state index in [1.165, 1.54) is 24.3 Å². The Morgan fingerprint density at radius 1 is 1.09 bits per heavy atom. The summed E-state index contributed by atoms with van der Waals surface area (Å²) < 4.78 is 40.2. The molecule has 7 heteroatoms. The molecule has 5 nitrogen and oxygen atoms in total. The number of carbonyl (C=O) groups is 1. The summed E-state index contributed by atoms with van der Waals surface area (Å²) >= 11 is 0. The van der Waals surface area contributed by atoms with E-state index in [9.17, 15) is 17.6 Å². The van der Waals surface area contributed by atoms with Gasteiger partial charge in [0, 0.05) is 0 Å². The average Bonchev–Trinajstić information content (AvgIpc) is 2.42. The molecule has 116 valence electrons. The van der Waals surface area contributed by atoms with E-state index in [-0.39, 0.29) is 16.1 Å². The minimum absolute atomic E-state index is 0.0700. The first-order valence-corrected chi connectivity index (χ1v) is 7.82. The summed E-state index contributed by atoms with van der Waals surface area (Å²) in [5.41, 5.74) is 0.817. The fourth-order valence-corrected chi connectivity index (χ4v) is 2.94. The van der Waals surface area contributed by atoms with Gasteiger partial charge in [0.15, 0.2) is 0 Å². The molecule has 2 aromatic carbocycles.